The maximum absolute atomic E-state index is 10.6. The van der Waals surface area contributed by atoms with Crippen LogP contribution < -0.4 is 0 Å². The first-order valence-corrected chi connectivity index (χ1v) is 6.02. The van der Waals surface area contributed by atoms with Crippen LogP contribution in [0.2, 0.25) is 0 Å². The van der Waals surface area contributed by atoms with Gasteiger partial charge in [-0.25, -0.2) is 0 Å². The lowest BCUT2D eigenvalue weighted by Gasteiger charge is -2.34. The monoisotopic (exact) mass is 229 g/mol. The first-order valence-electron chi connectivity index (χ1n) is 6.02. The summed E-state index contributed by atoms with van der Waals surface area (Å²) in [7, 11) is 0. The fourth-order valence-corrected chi connectivity index (χ4v) is 2.83. The molecule has 0 aliphatic heterocycles. The summed E-state index contributed by atoms with van der Waals surface area (Å²) in [6.45, 7) is 0. The zero-order valence-electron chi connectivity index (χ0n) is 9.52. The molecule has 3 heteroatoms. The van der Waals surface area contributed by atoms with E-state index in [1.807, 2.05) is 12.1 Å². The highest BCUT2D eigenvalue weighted by molar-refractivity contribution is 5.83. The van der Waals surface area contributed by atoms with Crippen LogP contribution >= 0.6 is 0 Å². The Morgan fingerprint density at radius 3 is 2.88 bits per heavy atom. The van der Waals surface area contributed by atoms with Gasteiger partial charge in [-0.2, -0.15) is 0 Å². The topological polar surface area (TPSA) is 53.1 Å². The predicted octanol–water partition coefficient (Wildman–Crippen LogP) is 3.14. The Kier molecular flexibility index (Phi) is 2.39. The van der Waals surface area contributed by atoms with Crippen LogP contribution in [0.1, 0.15) is 30.7 Å². The van der Waals surface area contributed by atoms with Gasteiger partial charge in [0.2, 0.25) is 0 Å². The molecule has 88 valence electrons. The zero-order chi connectivity index (χ0) is 11.8. The number of aromatic nitrogens is 1. The van der Waals surface area contributed by atoms with Crippen LogP contribution in [0.3, 0.4) is 0 Å². The molecule has 0 atom stereocenters. The minimum Gasteiger partial charge on any atom is -0.481 e. The number of hydrogen-bond acceptors (Lipinski definition) is 1. The van der Waals surface area contributed by atoms with Gasteiger partial charge < -0.3 is 10.1 Å². The summed E-state index contributed by atoms with van der Waals surface area (Å²) in [5.41, 5.74) is 2.52. The Labute approximate surface area is 99.5 Å². The predicted molar refractivity (Wildman–Crippen MR) is 66.0 cm³/mol. The van der Waals surface area contributed by atoms with Crippen molar-refractivity contribution in [2.24, 2.45) is 5.92 Å². The largest absolute Gasteiger partial charge is 0.481 e. The number of carboxylic acid groups (broad SMARTS) is 1. The van der Waals surface area contributed by atoms with E-state index in [1.54, 1.807) is 0 Å². The molecule has 17 heavy (non-hydrogen) atoms. The first kappa shape index (κ1) is 10.4. The van der Waals surface area contributed by atoms with Gasteiger partial charge in [-0.15, -0.1) is 0 Å². The Hall–Kier alpha value is -1.77. The Morgan fingerprint density at radius 1 is 1.35 bits per heavy atom. The average Bonchev–Trinajstić information content (AvgIpc) is 2.66. The van der Waals surface area contributed by atoms with Crippen LogP contribution in [0.15, 0.2) is 30.5 Å². The number of fused-ring (bicyclic) bond motifs is 1. The zero-order valence-corrected chi connectivity index (χ0v) is 9.52. The molecule has 0 bridgehead atoms. The van der Waals surface area contributed by atoms with E-state index in [2.05, 4.69) is 23.3 Å². The summed E-state index contributed by atoms with van der Waals surface area (Å²) in [6.07, 6.45) is 4.41. The second kappa shape index (κ2) is 3.91. The quantitative estimate of drug-likeness (QED) is 0.849. The van der Waals surface area contributed by atoms with Crippen LogP contribution in [-0.2, 0) is 4.79 Å². The van der Waals surface area contributed by atoms with Gasteiger partial charge in [0, 0.05) is 23.5 Å². The third-order valence-electron chi connectivity index (χ3n) is 3.76. The fraction of sp³-hybridized carbons (Fsp3) is 0.357. The highest BCUT2D eigenvalue weighted by Crippen LogP contribution is 2.45. The summed E-state index contributed by atoms with van der Waals surface area (Å²) in [6, 6.07) is 8.28. The fourth-order valence-electron chi connectivity index (χ4n) is 2.83. The van der Waals surface area contributed by atoms with Crippen molar-refractivity contribution in [2.75, 3.05) is 0 Å². The average molecular weight is 229 g/mol. The van der Waals surface area contributed by atoms with Gasteiger partial charge in [-0.1, -0.05) is 18.2 Å². The summed E-state index contributed by atoms with van der Waals surface area (Å²) < 4.78 is 0. The smallest absolute Gasteiger partial charge is 0.303 e. The molecule has 3 nitrogen and oxygen atoms in total. The highest BCUT2D eigenvalue weighted by atomic mass is 16.4. The molecule has 1 aromatic heterocycles. The SMILES string of the molecule is O=C(O)CC1CC(c2c[nH]c3ccccc23)C1. The summed E-state index contributed by atoms with van der Waals surface area (Å²) >= 11 is 0. The van der Waals surface area contributed by atoms with E-state index in [-0.39, 0.29) is 0 Å². The Morgan fingerprint density at radius 2 is 2.12 bits per heavy atom. The number of carboxylic acids is 1. The maximum Gasteiger partial charge on any atom is 0.303 e. The number of rotatable bonds is 3. The molecule has 0 saturated heterocycles. The van der Waals surface area contributed by atoms with Crippen LogP contribution in [-0.4, -0.2) is 16.1 Å². The number of aromatic amines is 1. The molecule has 1 heterocycles. The van der Waals surface area contributed by atoms with Crippen LogP contribution in [0.4, 0.5) is 0 Å². The molecule has 3 rings (SSSR count). The van der Waals surface area contributed by atoms with Crippen molar-refractivity contribution in [3.05, 3.63) is 36.0 Å². The number of hydrogen-bond donors (Lipinski definition) is 2. The molecule has 2 aromatic rings. The lowest BCUT2D eigenvalue weighted by molar-refractivity contribution is -0.138. The summed E-state index contributed by atoms with van der Waals surface area (Å²) in [5.74, 6) is 0.231. The number of carbonyl (C=O) groups is 1. The van der Waals surface area contributed by atoms with Crippen molar-refractivity contribution in [3.63, 3.8) is 0 Å². The molecule has 1 aromatic carbocycles. The van der Waals surface area contributed by atoms with Crippen molar-refractivity contribution in [3.8, 4) is 0 Å². The minimum atomic E-state index is -0.674. The van der Waals surface area contributed by atoms with Crippen LogP contribution in [0.5, 0.6) is 0 Å². The van der Waals surface area contributed by atoms with Crippen molar-refractivity contribution < 1.29 is 9.90 Å². The Bertz CT molecular complexity index is 552. The molecule has 0 radical (unpaired) electrons. The van der Waals surface area contributed by atoms with Gasteiger partial charge in [0.25, 0.3) is 0 Å². The molecule has 0 unspecified atom stereocenters. The molecule has 1 aliphatic carbocycles. The standard InChI is InChI=1S/C14H15NO2/c16-14(17)7-9-5-10(6-9)12-8-15-13-4-2-1-3-11(12)13/h1-4,8-10,15H,5-7H2,(H,16,17). The number of H-pyrrole nitrogens is 1. The van der Waals surface area contributed by atoms with Gasteiger partial charge in [0.05, 0.1) is 0 Å². The highest BCUT2D eigenvalue weighted by Gasteiger charge is 2.32. The Balaban J connectivity index is 1.76. The van der Waals surface area contributed by atoms with Crippen molar-refractivity contribution >= 4 is 16.9 Å². The van der Waals surface area contributed by atoms with E-state index < -0.39 is 5.97 Å². The van der Waals surface area contributed by atoms with Crippen molar-refractivity contribution in [1.82, 2.24) is 4.98 Å². The van der Waals surface area contributed by atoms with Gasteiger partial charge in [-0.3, -0.25) is 4.79 Å². The van der Waals surface area contributed by atoms with E-state index in [0.717, 1.165) is 12.8 Å². The van der Waals surface area contributed by atoms with E-state index in [9.17, 15) is 4.79 Å². The summed E-state index contributed by atoms with van der Waals surface area (Å²) in [5, 5.41) is 10.0. The summed E-state index contributed by atoms with van der Waals surface area (Å²) in [4.78, 5) is 13.9. The lowest BCUT2D eigenvalue weighted by atomic mass is 9.70. The van der Waals surface area contributed by atoms with E-state index >= 15 is 0 Å². The number of benzene rings is 1. The van der Waals surface area contributed by atoms with E-state index in [1.165, 1.54) is 16.5 Å². The third kappa shape index (κ3) is 1.82. The molecular weight excluding hydrogens is 214 g/mol. The van der Waals surface area contributed by atoms with Gasteiger partial charge >= 0.3 is 5.97 Å². The van der Waals surface area contributed by atoms with Crippen LogP contribution in [0, 0.1) is 5.92 Å². The van der Waals surface area contributed by atoms with Crippen molar-refractivity contribution in [1.29, 1.82) is 0 Å². The normalized spacial score (nSPS) is 23.5. The van der Waals surface area contributed by atoms with Crippen molar-refractivity contribution in [2.45, 2.75) is 25.2 Å². The van der Waals surface area contributed by atoms with E-state index in [0.29, 0.717) is 18.3 Å². The molecule has 2 N–H and O–H groups in total. The number of nitrogens with one attached hydrogen (secondary N) is 1. The molecule has 1 fully saturated rings. The number of aliphatic carboxylic acids is 1. The number of para-hydroxylation sites is 1. The second-order valence-electron chi connectivity index (χ2n) is 4.92. The molecular formula is C14H15NO2. The van der Waals surface area contributed by atoms with E-state index in [4.69, 9.17) is 5.11 Å². The molecule has 1 saturated carbocycles. The van der Waals surface area contributed by atoms with Gasteiger partial charge in [0.15, 0.2) is 0 Å². The third-order valence-corrected chi connectivity index (χ3v) is 3.76. The lowest BCUT2D eigenvalue weighted by Crippen LogP contribution is -2.24. The van der Waals surface area contributed by atoms with Gasteiger partial charge in [-0.05, 0) is 36.3 Å². The van der Waals surface area contributed by atoms with Gasteiger partial charge in [0.1, 0.15) is 0 Å². The molecule has 0 amide bonds. The second-order valence-corrected chi connectivity index (χ2v) is 4.92. The van der Waals surface area contributed by atoms with Crippen LogP contribution in [0.25, 0.3) is 10.9 Å². The molecule has 0 spiro atoms. The minimum absolute atomic E-state index is 0.318. The maximum atomic E-state index is 10.6. The first-order chi connectivity index (χ1) is 8.24. The molecule has 1 aliphatic rings.